The number of benzene rings is 2. The topological polar surface area (TPSA) is 55.1 Å². The summed E-state index contributed by atoms with van der Waals surface area (Å²) in [6, 6.07) is 12.4. The molecule has 7 heteroatoms. The molecule has 0 aliphatic carbocycles. The van der Waals surface area contributed by atoms with Gasteiger partial charge in [-0.05, 0) is 29.2 Å². The maximum absolute atomic E-state index is 13.0. The van der Waals surface area contributed by atoms with Gasteiger partial charge in [0, 0.05) is 17.3 Å². The zero-order chi connectivity index (χ0) is 21.4. The molecule has 0 unspecified atom stereocenters. The molecule has 152 valence electrons. The number of carbonyl (C=O) groups is 1. The molecule has 4 nitrogen and oxygen atoms in total. The molecule has 0 saturated heterocycles. The monoisotopic (exact) mass is 402 g/mol. The van der Waals surface area contributed by atoms with E-state index in [4.69, 9.17) is 0 Å². The van der Waals surface area contributed by atoms with Crippen LogP contribution in [0.2, 0.25) is 0 Å². The predicted octanol–water partition coefficient (Wildman–Crippen LogP) is 5.48. The van der Waals surface area contributed by atoms with Gasteiger partial charge in [-0.15, -0.1) is 0 Å². The smallest absolute Gasteiger partial charge is 0.416 e. The van der Waals surface area contributed by atoms with Crippen molar-refractivity contribution in [1.82, 2.24) is 9.78 Å². The third-order valence-corrected chi connectivity index (χ3v) is 4.59. The van der Waals surface area contributed by atoms with Crippen LogP contribution in [0, 0.1) is 0 Å². The lowest BCUT2D eigenvalue weighted by Crippen LogP contribution is -2.10. The van der Waals surface area contributed by atoms with Gasteiger partial charge < -0.3 is 5.11 Å². The van der Waals surface area contributed by atoms with Gasteiger partial charge in [-0.1, -0.05) is 51.1 Å². The largest absolute Gasteiger partial charge is 0.481 e. The van der Waals surface area contributed by atoms with Gasteiger partial charge in [0.1, 0.15) is 0 Å². The summed E-state index contributed by atoms with van der Waals surface area (Å²) >= 11 is 0. The number of alkyl halides is 3. The highest BCUT2D eigenvalue weighted by Crippen LogP contribution is 2.32. The molecule has 0 aliphatic heterocycles. The van der Waals surface area contributed by atoms with E-state index in [9.17, 15) is 23.1 Å². The molecule has 0 bridgehead atoms. The van der Waals surface area contributed by atoms with Crippen LogP contribution in [0.4, 0.5) is 13.2 Å². The number of aliphatic carboxylic acids is 1. The van der Waals surface area contributed by atoms with Crippen LogP contribution in [0.3, 0.4) is 0 Å². The highest BCUT2D eigenvalue weighted by molar-refractivity contribution is 5.75. The number of nitrogens with zero attached hydrogens (tertiary/aromatic N) is 2. The zero-order valence-corrected chi connectivity index (χ0v) is 16.3. The molecule has 0 amide bonds. The van der Waals surface area contributed by atoms with E-state index in [0.717, 1.165) is 17.7 Å². The van der Waals surface area contributed by atoms with E-state index in [2.05, 4.69) is 25.9 Å². The molecule has 0 aliphatic rings. The molecule has 0 spiro atoms. The predicted molar refractivity (Wildman–Crippen MR) is 104 cm³/mol. The Morgan fingerprint density at radius 3 is 2.24 bits per heavy atom. The lowest BCUT2D eigenvalue weighted by atomic mass is 9.86. The minimum atomic E-state index is -4.47. The number of hydrogen-bond acceptors (Lipinski definition) is 2. The average molecular weight is 402 g/mol. The van der Waals surface area contributed by atoms with E-state index in [1.807, 2.05) is 24.3 Å². The summed E-state index contributed by atoms with van der Waals surface area (Å²) in [6.45, 7) is 6.25. The molecule has 0 atom stereocenters. The lowest BCUT2D eigenvalue weighted by Gasteiger charge is -2.19. The molecule has 1 aromatic heterocycles. The number of carboxylic acid groups (broad SMARTS) is 1. The Labute approximate surface area is 166 Å². The van der Waals surface area contributed by atoms with Gasteiger partial charge in [0.15, 0.2) is 0 Å². The van der Waals surface area contributed by atoms with Crippen LogP contribution in [-0.2, 0) is 22.8 Å². The Hall–Kier alpha value is -3.09. The van der Waals surface area contributed by atoms with E-state index in [1.165, 1.54) is 23.0 Å². The quantitative estimate of drug-likeness (QED) is 0.628. The van der Waals surface area contributed by atoms with Crippen molar-refractivity contribution in [3.8, 4) is 16.9 Å². The van der Waals surface area contributed by atoms with Gasteiger partial charge in [0.2, 0.25) is 0 Å². The van der Waals surface area contributed by atoms with Crippen molar-refractivity contribution in [2.24, 2.45) is 0 Å². The van der Waals surface area contributed by atoms with Crippen LogP contribution in [0.25, 0.3) is 16.9 Å². The van der Waals surface area contributed by atoms with Gasteiger partial charge >= 0.3 is 12.1 Å². The lowest BCUT2D eigenvalue weighted by molar-refractivity contribution is -0.138. The van der Waals surface area contributed by atoms with Crippen LogP contribution in [0.15, 0.2) is 54.7 Å². The number of hydrogen-bond donors (Lipinski definition) is 1. The van der Waals surface area contributed by atoms with Crippen LogP contribution < -0.4 is 0 Å². The first kappa shape index (κ1) is 20.6. The standard InChI is InChI=1S/C22H21F3N2O2/c1-21(2,3)16-9-7-14(8-10-16)20-15(11-19(28)29)13-27(26-20)18-6-4-5-17(12-18)22(23,24)25/h4-10,12-13H,11H2,1-3H3,(H,28,29). The van der Waals surface area contributed by atoms with E-state index in [0.29, 0.717) is 16.8 Å². The van der Waals surface area contributed by atoms with Crippen molar-refractivity contribution in [3.05, 3.63) is 71.4 Å². The van der Waals surface area contributed by atoms with Gasteiger partial charge in [0.05, 0.1) is 23.4 Å². The molecule has 1 heterocycles. The number of aromatic nitrogens is 2. The van der Waals surface area contributed by atoms with Crippen LogP contribution in [0.5, 0.6) is 0 Å². The molecule has 0 radical (unpaired) electrons. The van der Waals surface area contributed by atoms with Crippen molar-refractivity contribution in [1.29, 1.82) is 0 Å². The van der Waals surface area contributed by atoms with Gasteiger partial charge in [-0.25, -0.2) is 4.68 Å². The molecule has 2 aromatic carbocycles. The van der Waals surface area contributed by atoms with Crippen molar-refractivity contribution >= 4 is 5.97 Å². The van der Waals surface area contributed by atoms with Crippen molar-refractivity contribution in [3.63, 3.8) is 0 Å². The van der Waals surface area contributed by atoms with Gasteiger partial charge in [-0.2, -0.15) is 18.3 Å². The van der Waals surface area contributed by atoms with Gasteiger partial charge in [-0.3, -0.25) is 4.79 Å². The van der Waals surface area contributed by atoms with Crippen molar-refractivity contribution in [2.45, 2.75) is 38.8 Å². The summed E-state index contributed by atoms with van der Waals surface area (Å²) in [5, 5.41) is 13.6. The van der Waals surface area contributed by atoms with E-state index < -0.39 is 17.7 Å². The summed E-state index contributed by atoms with van der Waals surface area (Å²) in [6.07, 6.45) is -3.29. The summed E-state index contributed by atoms with van der Waals surface area (Å²) < 4.78 is 40.4. The second kappa shape index (κ2) is 7.39. The Kier molecular flexibility index (Phi) is 5.26. The van der Waals surface area contributed by atoms with Gasteiger partial charge in [0.25, 0.3) is 0 Å². The Morgan fingerprint density at radius 2 is 1.69 bits per heavy atom. The van der Waals surface area contributed by atoms with Crippen molar-refractivity contribution in [2.75, 3.05) is 0 Å². The van der Waals surface area contributed by atoms with Crippen LogP contribution >= 0.6 is 0 Å². The Morgan fingerprint density at radius 1 is 1.03 bits per heavy atom. The van der Waals surface area contributed by atoms with E-state index in [1.54, 1.807) is 0 Å². The SMILES string of the molecule is CC(C)(C)c1ccc(-c2nn(-c3cccc(C(F)(F)F)c3)cc2CC(=O)O)cc1. The third kappa shape index (κ3) is 4.67. The fraction of sp³-hybridized carbons (Fsp3) is 0.273. The first-order chi connectivity index (χ1) is 13.4. The molecule has 0 saturated carbocycles. The molecule has 0 fully saturated rings. The third-order valence-electron chi connectivity index (χ3n) is 4.59. The number of rotatable bonds is 4. The zero-order valence-electron chi connectivity index (χ0n) is 16.3. The minimum Gasteiger partial charge on any atom is -0.481 e. The Bertz CT molecular complexity index is 1030. The van der Waals surface area contributed by atoms with Crippen LogP contribution in [-0.4, -0.2) is 20.9 Å². The molecule has 1 N–H and O–H groups in total. The maximum Gasteiger partial charge on any atom is 0.416 e. The Balaban J connectivity index is 2.07. The molecular formula is C22H21F3N2O2. The first-order valence-corrected chi connectivity index (χ1v) is 9.04. The summed E-state index contributed by atoms with van der Waals surface area (Å²) in [5.74, 6) is -1.04. The highest BCUT2D eigenvalue weighted by Gasteiger charge is 2.30. The molecule has 3 aromatic rings. The molecular weight excluding hydrogens is 381 g/mol. The summed E-state index contributed by atoms with van der Waals surface area (Å²) in [7, 11) is 0. The number of halogens is 3. The second-order valence-electron chi connectivity index (χ2n) is 7.89. The minimum absolute atomic E-state index is 0.0418. The van der Waals surface area contributed by atoms with Crippen molar-refractivity contribution < 1.29 is 23.1 Å². The molecule has 3 rings (SSSR count). The fourth-order valence-corrected chi connectivity index (χ4v) is 3.03. The summed E-state index contributed by atoms with van der Waals surface area (Å²) in [5.41, 5.74) is 2.06. The van der Waals surface area contributed by atoms with E-state index >= 15 is 0 Å². The molecule has 29 heavy (non-hydrogen) atoms. The normalized spacial score (nSPS) is 12.2. The average Bonchev–Trinajstić information content (AvgIpc) is 3.03. The number of carboxylic acids is 1. The van der Waals surface area contributed by atoms with E-state index in [-0.39, 0.29) is 17.5 Å². The second-order valence-corrected chi connectivity index (χ2v) is 7.89. The highest BCUT2D eigenvalue weighted by atomic mass is 19.4. The van der Waals surface area contributed by atoms with Crippen LogP contribution in [0.1, 0.15) is 37.5 Å². The summed E-state index contributed by atoms with van der Waals surface area (Å²) in [4.78, 5) is 11.3. The first-order valence-electron chi connectivity index (χ1n) is 9.04. The fourth-order valence-electron chi connectivity index (χ4n) is 3.03. The maximum atomic E-state index is 13.0.